The van der Waals surface area contributed by atoms with Crippen LogP contribution in [0.3, 0.4) is 0 Å². The number of benzene rings is 2. The van der Waals surface area contributed by atoms with Gasteiger partial charge in [-0.15, -0.1) is 0 Å². The third-order valence-electron chi connectivity index (χ3n) is 4.66. The maximum atomic E-state index is 12.5. The van der Waals surface area contributed by atoms with Gasteiger partial charge in [0, 0.05) is 31.6 Å². The second-order valence-corrected chi connectivity index (χ2v) is 6.50. The second kappa shape index (κ2) is 8.73. The molecule has 5 nitrogen and oxygen atoms in total. The molecule has 1 aromatic heterocycles. The molecule has 0 aliphatic heterocycles. The molecule has 0 amide bonds. The summed E-state index contributed by atoms with van der Waals surface area (Å²) in [4.78, 5) is 12.5. The number of esters is 1. The Kier molecular flexibility index (Phi) is 6.14. The van der Waals surface area contributed by atoms with E-state index in [0.717, 1.165) is 27.8 Å². The topological polar surface area (TPSA) is 52.5 Å². The smallest absolute Gasteiger partial charge is 0.323 e. The second-order valence-electron chi connectivity index (χ2n) is 6.50. The van der Waals surface area contributed by atoms with E-state index in [4.69, 9.17) is 9.47 Å². The fraction of sp³-hybridized carbons (Fsp3) is 0.318. The van der Waals surface area contributed by atoms with Gasteiger partial charge in [-0.1, -0.05) is 42.5 Å². The van der Waals surface area contributed by atoms with Crippen LogP contribution in [0.2, 0.25) is 0 Å². The van der Waals surface area contributed by atoms with Gasteiger partial charge in [0.15, 0.2) is 0 Å². The number of aromatic nitrogens is 1. The molecule has 1 heterocycles. The van der Waals surface area contributed by atoms with Crippen molar-refractivity contribution in [3.63, 3.8) is 0 Å². The maximum absolute atomic E-state index is 12.5. The quantitative estimate of drug-likeness (QED) is 0.621. The first-order chi connectivity index (χ1) is 13.1. The zero-order valence-corrected chi connectivity index (χ0v) is 16.1. The minimum Gasteiger partial charge on any atom is -0.495 e. The zero-order valence-electron chi connectivity index (χ0n) is 16.1. The molecule has 0 aliphatic carbocycles. The van der Waals surface area contributed by atoms with Crippen molar-refractivity contribution >= 4 is 16.9 Å². The van der Waals surface area contributed by atoms with E-state index in [1.165, 1.54) is 0 Å². The number of rotatable bonds is 8. The average Bonchev–Trinajstić information content (AvgIpc) is 3.02. The lowest BCUT2D eigenvalue weighted by molar-refractivity contribution is -0.145. The number of hydrogen-bond acceptors (Lipinski definition) is 4. The van der Waals surface area contributed by atoms with Crippen molar-refractivity contribution in [1.82, 2.24) is 9.88 Å². The van der Waals surface area contributed by atoms with Crippen LogP contribution in [0.1, 0.15) is 18.1 Å². The molecule has 27 heavy (non-hydrogen) atoms. The van der Waals surface area contributed by atoms with E-state index < -0.39 is 6.04 Å². The standard InChI is InChI=1S/C22H26N2O3/c1-4-27-22(25)19(23-14-16-9-6-5-7-10-16)13-17-15-24(2)21-18(17)11-8-12-20(21)26-3/h5-12,15,19,23H,4,13-14H2,1-3H3/t19-/m1/s1. The summed E-state index contributed by atoms with van der Waals surface area (Å²) in [5.41, 5.74) is 3.25. The number of nitrogens with one attached hydrogen (secondary N) is 1. The molecule has 1 N–H and O–H groups in total. The Morgan fingerprint density at radius 2 is 1.93 bits per heavy atom. The van der Waals surface area contributed by atoms with E-state index in [1.54, 1.807) is 7.11 Å². The highest BCUT2D eigenvalue weighted by Crippen LogP contribution is 2.29. The highest BCUT2D eigenvalue weighted by atomic mass is 16.5. The molecule has 0 spiro atoms. The number of para-hydroxylation sites is 1. The fourth-order valence-electron chi connectivity index (χ4n) is 3.38. The molecule has 0 bridgehead atoms. The van der Waals surface area contributed by atoms with Crippen LogP contribution >= 0.6 is 0 Å². The van der Waals surface area contributed by atoms with Gasteiger partial charge in [-0.25, -0.2) is 0 Å². The maximum Gasteiger partial charge on any atom is 0.323 e. The number of ether oxygens (including phenoxy) is 2. The highest BCUT2D eigenvalue weighted by Gasteiger charge is 2.22. The Morgan fingerprint density at radius 3 is 2.63 bits per heavy atom. The van der Waals surface area contributed by atoms with Crippen molar-refractivity contribution in [2.75, 3.05) is 13.7 Å². The van der Waals surface area contributed by atoms with Crippen LogP contribution in [-0.2, 0) is 29.5 Å². The van der Waals surface area contributed by atoms with Gasteiger partial charge in [0.2, 0.25) is 0 Å². The van der Waals surface area contributed by atoms with Crippen LogP contribution in [-0.4, -0.2) is 30.3 Å². The Hall–Kier alpha value is -2.79. The molecule has 142 valence electrons. The van der Waals surface area contributed by atoms with Crippen molar-refractivity contribution in [2.45, 2.75) is 25.9 Å². The van der Waals surface area contributed by atoms with Crippen LogP contribution in [0.15, 0.2) is 54.7 Å². The molecule has 3 aromatic rings. The summed E-state index contributed by atoms with van der Waals surface area (Å²) in [5, 5.41) is 4.45. The lowest BCUT2D eigenvalue weighted by atomic mass is 10.0. The summed E-state index contributed by atoms with van der Waals surface area (Å²) in [6, 6.07) is 15.6. The van der Waals surface area contributed by atoms with Crippen LogP contribution in [0.25, 0.3) is 10.9 Å². The van der Waals surface area contributed by atoms with E-state index >= 15 is 0 Å². The summed E-state index contributed by atoms with van der Waals surface area (Å²) in [7, 11) is 3.66. The summed E-state index contributed by atoms with van der Waals surface area (Å²) >= 11 is 0. The minimum absolute atomic E-state index is 0.228. The number of fused-ring (bicyclic) bond motifs is 1. The third kappa shape index (κ3) is 4.31. The van der Waals surface area contributed by atoms with Gasteiger partial charge in [-0.3, -0.25) is 4.79 Å². The number of aryl methyl sites for hydroxylation is 1. The van der Waals surface area contributed by atoms with Crippen molar-refractivity contribution in [3.8, 4) is 5.75 Å². The summed E-state index contributed by atoms with van der Waals surface area (Å²) in [6.45, 7) is 2.80. The molecule has 3 rings (SSSR count). The number of methoxy groups -OCH3 is 1. The molecular formula is C22H26N2O3. The fourth-order valence-corrected chi connectivity index (χ4v) is 3.38. The van der Waals surface area contributed by atoms with Crippen LogP contribution in [0, 0.1) is 0 Å². The highest BCUT2D eigenvalue weighted by molar-refractivity contribution is 5.90. The molecule has 5 heteroatoms. The van der Waals surface area contributed by atoms with Gasteiger partial charge >= 0.3 is 5.97 Å². The Balaban J connectivity index is 1.85. The van der Waals surface area contributed by atoms with E-state index in [-0.39, 0.29) is 5.97 Å². The first kappa shape index (κ1) is 19.0. The summed E-state index contributed by atoms with van der Waals surface area (Å²) < 4.78 is 12.8. The molecule has 0 unspecified atom stereocenters. The van der Waals surface area contributed by atoms with Gasteiger partial charge in [0.05, 0.1) is 19.2 Å². The van der Waals surface area contributed by atoms with E-state index in [1.807, 2.05) is 61.0 Å². The first-order valence-corrected chi connectivity index (χ1v) is 9.19. The van der Waals surface area contributed by atoms with E-state index in [2.05, 4.69) is 17.6 Å². The van der Waals surface area contributed by atoms with Crippen LogP contribution in [0.5, 0.6) is 5.75 Å². The molecule has 0 radical (unpaired) electrons. The summed E-state index contributed by atoms with van der Waals surface area (Å²) in [6.07, 6.45) is 2.61. The van der Waals surface area contributed by atoms with Crippen molar-refractivity contribution < 1.29 is 14.3 Å². The molecule has 1 atom stereocenters. The first-order valence-electron chi connectivity index (χ1n) is 9.19. The van der Waals surface area contributed by atoms with Crippen molar-refractivity contribution in [2.24, 2.45) is 7.05 Å². The molecule has 0 saturated carbocycles. The number of carbonyl (C=O) groups excluding carboxylic acids is 1. The molecule has 0 fully saturated rings. The molecule has 0 aliphatic rings. The lowest BCUT2D eigenvalue weighted by Gasteiger charge is -2.17. The van der Waals surface area contributed by atoms with E-state index in [0.29, 0.717) is 19.6 Å². The Labute approximate surface area is 159 Å². The summed E-state index contributed by atoms with van der Waals surface area (Å²) in [5.74, 6) is 0.597. The normalized spacial score (nSPS) is 12.1. The van der Waals surface area contributed by atoms with Crippen molar-refractivity contribution in [1.29, 1.82) is 0 Å². The van der Waals surface area contributed by atoms with Gasteiger partial charge < -0.3 is 19.4 Å². The number of carbonyl (C=O) groups is 1. The SMILES string of the molecule is CCOC(=O)[C@@H](Cc1cn(C)c2c(OC)cccc12)NCc1ccccc1. The van der Waals surface area contributed by atoms with Gasteiger partial charge in [-0.2, -0.15) is 0 Å². The van der Waals surface area contributed by atoms with Crippen LogP contribution < -0.4 is 10.1 Å². The van der Waals surface area contributed by atoms with E-state index in [9.17, 15) is 4.79 Å². The molecule has 0 saturated heterocycles. The van der Waals surface area contributed by atoms with Gasteiger partial charge in [-0.05, 0) is 24.1 Å². The molecule has 2 aromatic carbocycles. The van der Waals surface area contributed by atoms with Gasteiger partial charge in [0.25, 0.3) is 0 Å². The largest absolute Gasteiger partial charge is 0.495 e. The Morgan fingerprint density at radius 1 is 1.15 bits per heavy atom. The third-order valence-corrected chi connectivity index (χ3v) is 4.66. The predicted octanol–water partition coefficient (Wildman–Crippen LogP) is 3.45. The number of nitrogens with zero attached hydrogens (tertiary/aromatic N) is 1. The Bertz CT molecular complexity index is 903. The average molecular weight is 366 g/mol. The van der Waals surface area contributed by atoms with Gasteiger partial charge in [0.1, 0.15) is 11.8 Å². The van der Waals surface area contributed by atoms with Crippen LogP contribution in [0.4, 0.5) is 0 Å². The monoisotopic (exact) mass is 366 g/mol. The minimum atomic E-state index is -0.415. The zero-order chi connectivity index (χ0) is 19.2. The van der Waals surface area contributed by atoms with Crippen molar-refractivity contribution in [3.05, 3.63) is 65.9 Å². The predicted molar refractivity (Wildman–Crippen MR) is 107 cm³/mol. The lowest BCUT2D eigenvalue weighted by Crippen LogP contribution is -2.39. The molecular weight excluding hydrogens is 340 g/mol. The number of hydrogen-bond donors (Lipinski definition) is 1.